The minimum atomic E-state index is -4.14. The van der Waals surface area contributed by atoms with Crippen LogP contribution in [0.1, 0.15) is 19.4 Å². The van der Waals surface area contributed by atoms with Crippen molar-refractivity contribution in [3.05, 3.63) is 55.1 Å². The van der Waals surface area contributed by atoms with E-state index in [0.717, 1.165) is 0 Å². The average Bonchev–Trinajstić information content (AvgIpc) is 3.46. The van der Waals surface area contributed by atoms with Gasteiger partial charge in [0.15, 0.2) is 17.5 Å². The predicted octanol–water partition coefficient (Wildman–Crippen LogP) is 2.61. The number of hydroxylamine groups is 1. The molecule has 1 unspecified atom stereocenters. The molecular formula is C21H26N7O5P. The second kappa shape index (κ2) is 9.90. The first kappa shape index (κ1) is 23.8. The number of imidazole rings is 1. The Balaban J connectivity index is 1.32. The lowest BCUT2D eigenvalue weighted by molar-refractivity contribution is -0.138. The van der Waals surface area contributed by atoms with Gasteiger partial charge in [-0.25, -0.2) is 34.9 Å². The largest absolute Gasteiger partial charge is 0.458 e. The number of rotatable bonds is 9. The van der Waals surface area contributed by atoms with Gasteiger partial charge in [0, 0.05) is 5.92 Å². The van der Waals surface area contributed by atoms with Crippen LogP contribution in [0.3, 0.4) is 0 Å². The van der Waals surface area contributed by atoms with Crippen molar-refractivity contribution < 1.29 is 23.2 Å². The summed E-state index contributed by atoms with van der Waals surface area (Å²) in [5, 5.41) is 1.33. The van der Waals surface area contributed by atoms with E-state index in [0.29, 0.717) is 29.1 Å². The molecule has 13 heteroatoms. The van der Waals surface area contributed by atoms with Gasteiger partial charge in [-0.05, 0) is 25.5 Å². The Morgan fingerprint density at radius 3 is 2.76 bits per heavy atom. The normalized spacial score (nSPS) is 20.2. The van der Waals surface area contributed by atoms with E-state index in [1.807, 2.05) is 22.8 Å². The molecule has 1 aliphatic rings. The van der Waals surface area contributed by atoms with Crippen LogP contribution in [0.15, 0.2) is 55.1 Å². The van der Waals surface area contributed by atoms with Crippen molar-refractivity contribution in [3.63, 3.8) is 0 Å². The molecule has 1 aromatic carbocycles. The van der Waals surface area contributed by atoms with E-state index >= 15 is 0 Å². The predicted molar refractivity (Wildman–Crippen MR) is 125 cm³/mol. The summed E-state index contributed by atoms with van der Waals surface area (Å²) >= 11 is 0. The van der Waals surface area contributed by atoms with Crippen LogP contribution in [0.4, 0.5) is 11.5 Å². The number of benzene rings is 1. The summed E-state index contributed by atoms with van der Waals surface area (Å²) in [5.41, 5.74) is 13.3. The van der Waals surface area contributed by atoms with Crippen LogP contribution in [-0.4, -0.2) is 45.2 Å². The van der Waals surface area contributed by atoms with Crippen molar-refractivity contribution in [2.75, 3.05) is 24.5 Å². The Hall–Kier alpha value is -3.31. The fraction of sp³-hybridized carbons (Fsp3) is 0.333. The summed E-state index contributed by atoms with van der Waals surface area (Å²) in [7, 11) is -2.73. The molecule has 3 aromatic rings. The highest BCUT2D eigenvalue weighted by molar-refractivity contribution is 7.51. The molecular weight excluding hydrogens is 461 g/mol. The fourth-order valence-corrected chi connectivity index (χ4v) is 4.64. The van der Waals surface area contributed by atoms with Gasteiger partial charge in [-0.3, -0.25) is 9.36 Å². The summed E-state index contributed by atoms with van der Waals surface area (Å²) in [4.78, 5) is 30.3. The highest BCUT2D eigenvalue weighted by Gasteiger charge is 2.32. The monoisotopic (exact) mass is 487 g/mol. The van der Waals surface area contributed by atoms with E-state index in [1.165, 1.54) is 18.5 Å². The van der Waals surface area contributed by atoms with Crippen LogP contribution in [0.25, 0.3) is 11.2 Å². The lowest BCUT2D eigenvalue weighted by Crippen LogP contribution is -2.39. The van der Waals surface area contributed by atoms with E-state index in [9.17, 15) is 9.36 Å². The van der Waals surface area contributed by atoms with E-state index in [4.69, 9.17) is 25.1 Å². The van der Waals surface area contributed by atoms with E-state index in [1.54, 1.807) is 37.5 Å². The lowest BCUT2D eigenvalue weighted by atomic mass is 10.1. The number of carbonyl (C=O) groups is 1. The minimum Gasteiger partial charge on any atom is -0.382 e. The van der Waals surface area contributed by atoms with Gasteiger partial charge in [0.05, 0.1) is 31.8 Å². The number of carbonyl (C=O) groups excluding carboxylic acids is 1. The van der Waals surface area contributed by atoms with Crippen LogP contribution in [0, 0.1) is 5.92 Å². The topological polar surface area (TPSA) is 161 Å². The van der Waals surface area contributed by atoms with E-state index < -0.39 is 19.8 Å². The molecule has 12 nitrogen and oxygen atoms in total. The molecule has 4 rings (SSSR count). The Morgan fingerprint density at radius 1 is 1.26 bits per heavy atom. The number of nitrogens with two attached hydrogens (primary N) is 2. The van der Waals surface area contributed by atoms with E-state index in [-0.39, 0.29) is 18.6 Å². The molecule has 2 aromatic heterocycles. The SMILES string of the molecule is CON(c1ccccc1)[C@H](C)C(=O)OP(N)(=O)OC[C@H]1C=C[C@@H](n2cnc3c(N)ncnc32)C1. The van der Waals surface area contributed by atoms with Gasteiger partial charge < -0.3 is 14.8 Å². The summed E-state index contributed by atoms with van der Waals surface area (Å²) in [6, 6.07) is 8.00. The number of nitrogen functional groups attached to an aromatic ring is 1. The molecule has 2 heterocycles. The summed E-state index contributed by atoms with van der Waals surface area (Å²) in [6.45, 7) is 1.56. The number of hydrogen-bond donors (Lipinski definition) is 2. The first-order chi connectivity index (χ1) is 16.3. The average molecular weight is 487 g/mol. The zero-order valence-electron chi connectivity index (χ0n) is 18.7. The molecule has 4 atom stereocenters. The maximum absolute atomic E-state index is 12.6. The molecule has 34 heavy (non-hydrogen) atoms. The highest BCUT2D eigenvalue weighted by Crippen LogP contribution is 2.42. The second-order valence-corrected chi connectivity index (χ2v) is 9.32. The summed E-state index contributed by atoms with van der Waals surface area (Å²) < 4.78 is 24.9. The van der Waals surface area contributed by atoms with Gasteiger partial charge in [0.2, 0.25) is 0 Å². The fourth-order valence-electron chi connectivity index (χ4n) is 3.78. The number of aromatic nitrogens is 4. The van der Waals surface area contributed by atoms with Gasteiger partial charge in [0.25, 0.3) is 0 Å². The van der Waals surface area contributed by atoms with Crippen LogP contribution in [0.2, 0.25) is 0 Å². The second-order valence-electron chi connectivity index (χ2n) is 7.80. The third-order valence-corrected chi connectivity index (χ3v) is 6.42. The number of para-hydroxylation sites is 1. The van der Waals surface area contributed by atoms with Crippen molar-refractivity contribution in [3.8, 4) is 0 Å². The van der Waals surface area contributed by atoms with Crippen LogP contribution in [-0.2, 0) is 23.2 Å². The standard InChI is InChI=1S/C21H26N7O5P/c1-14(28(31-2)16-6-4-3-5-7-16)21(29)33-34(23,30)32-11-15-8-9-17(10-15)27-13-26-18-19(22)24-12-25-20(18)27/h3-9,12-15,17H,10-11H2,1-2H3,(H2,23,30)(H2,22,24,25)/t14-,15+,17-,34?/m1/s1. The molecule has 0 radical (unpaired) electrons. The third kappa shape index (κ3) is 5.10. The quantitative estimate of drug-likeness (QED) is 0.259. The molecule has 0 spiro atoms. The lowest BCUT2D eigenvalue weighted by Gasteiger charge is -2.27. The molecule has 0 aliphatic heterocycles. The van der Waals surface area contributed by atoms with Crippen molar-refractivity contribution in [2.24, 2.45) is 11.4 Å². The molecule has 0 fully saturated rings. The zero-order valence-corrected chi connectivity index (χ0v) is 19.6. The Bertz CT molecular complexity index is 1230. The molecule has 1 aliphatic carbocycles. The Kier molecular flexibility index (Phi) is 6.94. The Morgan fingerprint density at radius 2 is 2.03 bits per heavy atom. The molecule has 0 bridgehead atoms. The van der Waals surface area contributed by atoms with Gasteiger partial charge >= 0.3 is 13.7 Å². The first-order valence-corrected chi connectivity index (χ1v) is 12.2. The van der Waals surface area contributed by atoms with Crippen molar-refractivity contribution in [2.45, 2.75) is 25.4 Å². The smallest absolute Gasteiger partial charge is 0.382 e. The van der Waals surface area contributed by atoms with E-state index in [2.05, 4.69) is 15.0 Å². The molecule has 4 N–H and O–H groups in total. The third-order valence-electron chi connectivity index (χ3n) is 5.48. The molecule has 0 saturated heterocycles. The van der Waals surface area contributed by atoms with Crippen LogP contribution >= 0.6 is 7.75 Å². The Labute approximate surface area is 196 Å². The number of fused-ring (bicyclic) bond motifs is 1. The number of allylic oxidation sites excluding steroid dienone is 1. The van der Waals surface area contributed by atoms with Crippen molar-refractivity contribution in [1.82, 2.24) is 19.5 Å². The minimum absolute atomic E-state index is 0.0128. The summed E-state index contributed by atoms with van der Waals surface area (Å²) in [5.74, 6) is -0.627. The van der Waals surface area contributed by atoms with Crippen molar-refractivity contribution in [1.29, 1.82) is 0 Å². The van der Waals surface area contributed by atoms with Crippen molar-refractivity contribution >= 4 is 36.4 Å². The number of nitrogens with zero attached hydrogens (tertiary/aromatic N) is 5. The highest BCUT2D eigenvalue weighted by atomic mass is 31.2. The van der Waals surface area contributed by atoms with Gasteiger partial charge in [-0.15, -0.1) is 0 Å². The molecule has 180 valence electrons. The maximum atomic E-state index is 12.6. The number of anilines is 2. The molecule has 0 amide bonds. The zero-order chi connectivity index (χ0) is 24.3. The van der Waals surface area contributed by atoms with Crippen LogP contribution in [0.5, 0.6) is 0 Å². The molecule has 0 saturated carbocycles. The van der Waals surface area contributed by atoms with Gasteiger partial charge in [-0.1, -0.05) is 30.4 Å². The first-order valence-electron chi connectivity index (χ1n) is 10.6. The maximum Gasteiger partial charge on any atom is 0.458 e. The van der Waals surface area contributed by atoms with Gasteiger partial charge in [-0.2, -0.15) is 0 Å². The van der Waals surface area contributed by atoms with Gasteiger partial charge in [0.1, 0.15) is 11.8 Å². The number of hydrogen-bond acceptors (Lipinski definition) is 10. The summed E-state index contributed by atoms with van der Waals surface area (Å²) in [6.07, 6.45) is 7.56. The van der Waals surface area contributed by atoms with Crippen LogP contribution < -0.4 is 16.3 Å².